The monoisotopic (exact) mass is 574 g/mol. The first kappa shape index (κ1) is 27.3. The Bertz CT molecular complexity index is 1440. The Labute approximate surface area is 220 Å². The first-order valence-electron chi connectivity index (χ1n) is 11.0. The van der Waals surface area contributed by atoms with Crippen LogP contribution in [-0.2, 0) is 26.4 Å². The third-order valence-corrected chi connectivity index (χ3v) is 8.57. The largest absolute Gasteiger partial charge is 0.477 e. The van der Waals surface area contributed by atoms with Crippen molar-refractivity contribution in [1.29, 1.82) is 0 Å². The zero-order valence-corrected chi connectivity index (χ0v) is 21.9. The summed E-state index contributed by atoms with van der Waals surface area (Å²) in [6.45, 7) is 2.54. The van der Waals surface area contributed by atoms with Crippen LogP contribution >= 0.6 is 24.0 Å². The fourth-order valence-electron chi connectivity index (χ4n) is 4.14. The van der Waals surface area contributed by atoms with E-state index < -0.39 is 44.4 Å². The summed E-state index contributed by atoms with van der Waals surface area (Å²) in [6.07, 6.45) is 1.00. The van der Waals surface area contributed by atoms with E-state index in [-0.39, 0.29) is 29.3 Å². The number of β-lactam (4-membered cyclic amide) rings is 1. The molecule has 0 radical (unpaired) electrons. The van der Waals surface area contributed by atoms with E-state index in [0.717, 1.165) is 37.1 Å². The second-order valence-electron chi connectivity index (χ2n) is 8.52. The number of nitrogens with zero attached hydrogens (tertiary/aromatic N) is 4. The molecule has 1 aromatic carbocycles. The molecule has 2 fully saturated rings. The van der Waals surface area contributed by atoms with Crippen LogP contribution in [0.1, 0.15) is 16.8 Å². The van der Waals surface area contributed by atoms with Crippen LogP contribution in [0.25, 0.3) is 10.9 Å². The van der Waals surface area contributed by atoms with Gasteiger partial charge >= 0.3 is 16.3 Å². The van der Waals surface area contributed by atoms with E-state index in [1.165, 1.54) is 10.6 Å². The molecule has 2 saturated heterocycles. The van der Waals surface area contributed by atoms with E-state index >= 15 is 4.39 Å². The predicted molar refractivity (Wildman–Crippen MR) is 138 cm³/mol. The molecule has 3 heterocycles. The van der Waals surface area contributed by atoms with E-state index in [1.54, 1.807) is 0 Å². The van der Waals surface area contributed by atoms with Crippen LogP contribution in [0, 0.1) is 5.82 Å². The summed E-state index contributed by atoms with van der Waals surface area (Å²) in [5.41, 5.74) is -0.735. The van der Waals surface area contributed by atoms with Crippen molar-refractivity contribution in [3.05, 3.63) is 39.9 Å². The van der Waals surface area contributed by atoms with Gasteiger partial charge in [0, 0.05) is 37.8 Å². The third kappa shape index (κ3) is 5.72. The van der Waals surface area contributed by atoms with Crippen LogP contribution in [-0.4, -0.2) is 93.3 Å². The second kappa shape index (κ2) is 10.5. The summed E-state index contributed by atoms with van der Waals surface area (Å²) in [7, 11) is -2.75. The summed E-state index contributed by atoms with van der Waals surface area (Å²) in [6, 6.07) is 2.56. The predicted octanol–water partition coefficient (Wildman–Crippen LogP) is 0.987. The Morgan fingerprint density at radius 1 is 1.24 bits per heavy atom. The van der Waals surface area contributed by atoms with Gasteiger partial charge in [0.2, 0.25) is 15.7 Å². The van der Waals surface area contributed by atoms with Gasteiger partial charge in [-0.3, -0.25) is 14.1 Å². The van der Waals surface area contributed by atoms with Gasteiger partial charge in [0.1, 0.15) is 23.4 Å². The number of carbonyl (C=O) groups excluding carboxylic acids is 1. The van der Waals surface area contributed by atoms with Gasteiger partial charge < -0.3 is 24.2 Å². The number of aromatic carboxylic acids is 1. The third-order valence-electron chi connectivity index (χ3n) is 6.11. The Hall–Kier alpha value is -2.79. The van der Waals surface area contributed by atoms with Crippen LogP contribution < -0.4 is 10.3 Å². The number of fused-ring (bicyclic) bond motifs is 1. The lowest BCUT2D eigenvalue weighted by atomic mass is 10.1. The molecule has 16 heteroatoms. The standard InChI is InChI=1S/C21H23FN4O8S3/c1-23-2-4-24(5-3-23)16-9-15-12(8-14(16)22)19(28)13(20(29)30)11-25(15)6-7-34-21(35)36-18-10-17(27)26(18)37(31,32)33/h8-9,11,18H,2-7,10H2,1H3,(H,29,30)(H,31,32,33). The van der Waals surface area contributed by atoms with Gasteiger partial charge in [0.25, 0.3) is 0 Å². The lowest BCUT2D eigenvalue weighted by Crippen LogP contribution is -2.53. The highest BCUT2D eigenvalue weighted by Gasteiger charge is 2.45. The average molecular weight is 575 g/mol. The number of carboxylic acids is 1. The number of carboxylic acid groups (broad SMARTS) is 1. The first-order valence-corrected chi connectivity index (χ1v) is 13.7. The molecule has 37 heavy (non-hydrogen) atoms. The summed E-state index contributed by atoms with van der Waals surface area (Å²) in [4.78, 5) is 39.8. The van der Waals surface area contributed by atoms with Crippen molar-refractivity contribution >= 4 is 67.1 Å². The number of ether oxygens (including phenoxy) is 1. The number of amides is 1. The van der Waals surface area contributed by atoms with Crippen LogP contribution in [0.15, 0.2) is 23.1 Å². The van der Waals surface area contributed by atoms with Crippen molar-refractivity contribution in [2.24, 2.45) is 0 Å². The summed E-state index contributed by atoms with van der Waals surface area (Å²) in [5, 5.41) is 8.46. The number of hydrogen-bond donors (Lipinski definition) is 2. The maximum absolute atomic E-state index is 15.0. The van der Waals surface area contributed by atoms with Gasteiger partial charge in [0.15, 0.2) is 0 Å². The van der Waals surface area contributed by atoms with Crippen molar-refractivity contribution in [2.75, 3.05) is 44.7 Å². The molecule has 2 N–H and O–H groups in total. The van der Waals surface area contributed by atoms with E-state index in [0.29, 0.717) is 28.6 Å². The molecule has 12 nitrogen and oxygen atoms in total. The fourth-order valence-corrected chi connectivity index (χ4v) is 6.52. The number of hydrogen-bond acceptors (Lipinski definition) is 10. The lowest BCUT2D eigenvalue weighted by Gasteiger charge is -2.35. The molecule has 1 amide bonds. The summed E-state index contributed by atoms with van der Waals surface area (Å²) in [5.74, 6) is -2.86. The number of halogens is 1. The molecular weight excluding hydrogens is 551 g/mol. The van der Waals surface area contributed by atoms with Crippen molar-refractivity contribution in [1.82, 2.24) is 13.8 Å². The molecule has 0 bridgehead atoms. The van der Waals surface area contributed by atoms with Crippen molar-refractivity contribution < 1.29 is 36.8 Å². The highest BCUT2D eigenvalue weighted by Crippen LogP contribution is 2.33. The SMILES string of the molecule is CN1CCN(c2cc3c(cc2F)c(=O)c(C(=O)O)cn3CCOC(=S)SC2CC(=O)N2S(=O)(=O)O)CC1. The van der Waals surface area contributed by atoms with E-state index in [4.69, 9.17) is 21.5 Å². The van der Waals surface area contributed by atoms with Crippen molar-refractivity contribution in [3.63, 3.8) is 0 Å². The highest BCUT2D eigenvalue weighted by atomic mass is 32.2. The quantitative estimate of drug-likeness (QED) is 0.276. The number of thiocarbonyl (C=S) groups is 1. The highest BCUT2D eigenvalue weighted by molar-refractivity contribution is 8.23. The molecule has 1 atom stereocenters. The van der Waals surface area contributed by atoms with Crippen LogP contribution in [0.5, 0.6) is 0 Å². The maximum atomic E-state index is 15.0. The van der Waals surface area contributed by atoms with Crippen LogP contribution in [0.2, 0.25) is 0 Å². The van der Waals surface area contributed by atoms with Gasteiger partial charge in [-0.15, -0.1) is 0 Å². The molecule has 0 spiro atoms. The number of piperazine rings is 1. The zero-order valence-electron chi connectivity index (χ0n) is 19.5. The molecule has 2 aromatic rings. The minimum Gasteiger partial charge on any atom is -0.477 e. The molecule has 2 aliphatic heterocycles. The molecule has 1 aromatic heterocycles. The van der Waals surface area contributed by atoms with E-state index in [1.807, 2.05) is 11.9 Å². The fraction of sp³-hybridized carbons (Fsp3) is 0.429. The molecule has 200 valence electrons. The van der Waals surface area contributed by atoms with E-state index in [2.05, 4.69) is 4.90 Å². The van der Waals surface area contributed by atoms with Crippen molar-refractivity contribution in [2.45, 2.75) is 18.3 Å². The van der Waals surface area contributed by atoms with Gasteiger partial charge in [-0.2, -0.15) is 8.42 Å². The first-order chi connectivity index (χ1) is 17.4. The molecule has 1 unspecified atom stereocenters. The number of thioether (sulfide) groups is 1. The Morgan fingerprint density at radius 3 is 2.51 bits per heavy atom. The second-order valence-corrected chi connectivity index (χ2v) is 11.6. The van der Waals surface area contributed by atoms with Crippen LogP contribution in [0.3, 0.4) is 0 Å². The Balaban J connectivity index is 1.55. The van der Waals surface area contributed by atoms with Gasteiger partial charge in [-0.1, -0.05) is 0 Å². The number of benzene rings is 1. The number of carbonyl (C=O) groups is 2. The van der Waals surface area contributed by atoms with Gasteiger partial charge in [-0.05, 0) is 43.2 Å². The smallest absolute Gasteiger partial charge is 0.363 e. The van der Waals surface area contributed by atoms with E-state index in [9.17, 15) is 27.9 Å². The number of rotatable bonds is 7. The normalized spacial score (nSPS) is 18.7. The number of aromatic nitrogens is 1. The Morgan fingerprint density at radius 2 is 1.92 bits per heavy atom. The molecule has 0 saturated carbocycles. The minimum absolute atomic E-state index is 0.0250. The minimum atomic E-state index is -4.71. The topological polar surface area (TPSA) is 150 Å². The van der Waals surface area contributed by atoms with Crippen molar-refractivity contribution in [3.8, 4) is 0 Å². The molecule has 0 aliphatic carbocycles. The molecular formula is C21H23FN4O8S3. The number of likely N-dealkylation sites (N-methyl/N-ethyl adjacent to an activating group) is 1. The summed E-state index contributed by atoms with van der Waals surface area (Å²) >= 11 is 5.85. The van der Waals surface area contributed by atoms with Crippen LogP contribution in [0.4, 0.5) is 10.1 Å². The summed E-state index contributed by atoms with van der Waals surface area (Å²) < 4.78 is 53.9. The Kier molecular flexibility index (Phi) is 7.75. The molecule has 2 aliphatic rings. The van der Waals surface area contributed by atoms with Gasteiger partial charge in [-0.25, -0.2) is 13.5 Å². The maximum Gasteiger partial charge on any atom is 0.363 e. The zero-order chi connectivity index (χ0) is 27.1. The van der Waals surface area contributed by atoms with Gasteiger partial charge in [0.05, 0.1) is 24.2 Å². The number of pyridine rings is 1. The molecule has 4 rings (SSSR count). The average Bonchev–Trinajstić information content (AvgIpc) is 2.79. The number of anilines is 1. The lowest BCUT2D eigenvalue weighted by molar-refractivity contribution is -0.134.